The van der Waals surface area contributed by atoms with Gasteiger partial charge in [-0.1, -0.05) is 48.5 Å². The lowest BCUT2D eigenvalue weighted by Gasteiger charge is -2.14. The number of carbonyl (C=O) groups is 2. The smallest absolute Gasteiger partial charge is 0.339 e. The Bertz CT molecular complexity index is 1400. The summed E-state index contributed by atoms with van der Waals surface area (Å²) < 4.78 is 16.7. The molecule has 1 aliphatic heterocycles. The van der Waals surface area contributed by atoms with E-state index in [0.29, 0.717) is 58.1 Å². The van der Waals surface area contributed by atoms with Crippen LogP contribution < -0.4 is 14.8 Å². The highest BCUT2D eigenvalue weighted by molar-refractivity contribution is 6.07. The summed E-state index contributed by atoms with van der Waals surface area (Å²) in [6, 6.07) is 22.2. The summed E-state index contributed by atoms with van der Waals surface area (Å²) in [6.45, 7) is 2.55. The van der Waals surface area contributed by atoms with Crippen molar-refractivity contribution in [2.45, 2.75) is 13.3 Å². The van der Waals surface area contributed by atoms with Crippen LogP contribution >= 0.6 is 0 Å². The molecule has 176 valence electrons. The Morgan fingerprint density at radius 3 is 2.51 bits per heavy atom. The zero-order valence-corrected chi connectivity index (χ0v) is 19.2. The molecule has 0 fully saturated rings. The molecule has 7 nitrogen and oxygen atoms in total. The van der Waals surface area contributed by atoms with Crippen LogP contribution in [0.3, 0.4) is 0 Å². The molecule has 0 spiro atoms. The summed E-state index contributed by atoms with van der Waals surface area (Å²) in [6.07, 6.45) is 0.793. The first kappa shape index (κ1) is 22.4. The molecule has 3 aromatic carbocycles. The van der Waals surface area contributed by atoms with Crippen LogP contribution in [0.25, 0.3) is 22.2 Å². The fraction of sp³-hybridized carbons (Fsp3) is 0.179. The SMILES string of the molecule is Cc1c(-c2ccccc2)nc2ccccc2c1C(=O)OCC(=O)Nc1ccc2c(c1)OCCCO2. The number of benzene rings is 3. The van der Waals surface area contributed by atoms with Crippen LogP contribution in [0.15, 0.2) is 72.8 Å². The maximum absolute atomic E-state index is 13.2. The normalized spacial score (nSPS) is 12.6. The average molecular weight is 469 g/mol. The molecule has 0 bridgehead atoms. The van der Waals surface area contributed by atoms with Crippen molar-refractivity contribution in [2.24, 2.45) is 0 Å². The molecular weight excluding hydrogens is 444 g/mol. The van der Waals surface area contributed by atoms with Crippen LogP contribution in [0.4, 0.5) is 5.69 Å². The Morgan fingerprint density at radius 2 is 1.69 bits per heavy atom. The molecule has 4 aromatic rings. The highest BCUT2D eigenvalue weighted by Crippen LogP contribution is 2.32. The highest BCUT2D eigenvalue weighted by Gasteiger charge is 2.21. The molecule has 0 unspecified atom stereocenters. The molecular formula is C28H24N2O5. The molecule has 5 rings (SSSR count). The largest absolute Gasteiger partial charge is 0.490 e. The third-order valence-electron chi connectivity index (χ3n) is 5.75. The molecule has 0 radical (unpaired) electrons. The number of fused-ring (bicyclic) bond motifs is 2. The van der Waals surface area contributed by atoms with Gasteiger partial charge in [-0.3, -0.25) is 4.79 Å². The zero-order valence-electron chi connectivity index (χ0n) is 19.2. The second kappa shape index (κ2) is 9.85. The lowest BCUT2D eigenvalue weighted by atomic mass is 9.98. The van der Waals surface area contributed by atoms with Gasteiger partial charge in [0.25, 0.3) is 5.91 Å². The molecule has 2 heterocycles. The summed E-state index contributed by atoms with van der Waals surface area (Å²) >= 11 is 0. The maximum atomic E-state index is 13.2. The third-order valence-corrected chi connectivity index (χ3v) is 5.75. The van der Waals surface area contributed by atoms with Gasteiger partial charge in [-0.05, 0) is 30.7 Å². The van der Waals surface area contributed by atoms with E-state index in [2.05, 4.69) is 5.32 Å². The molecule has 1 amide bonds. The number of nitrogens with zero attached hydrogens (tertiary/aromatic N) is 1. The number of hydrogen-bond donors (Lipinski definition) is 1. The van der Waals surface area contributed by atoms with Crippen molar-refractivity contribution in [3.05, 3.63) is 83.9 Å². The number of carbonyl (C=O) groups excluding carboxylic acids is 2. The van der Waals surface area contributed by atoms with Crippen LogP contribution in [-0.4, -0.2) is 36.7 Å². The number of anilines is 1. The number of amides is 1. The number of esters is 1. The van der Waals surface area contributed by atoms with Gasteiger partial charge in [0.1, 0.15) is 0 Å². The average Bonchev–Trinajstić information content (AvgIpc) is 3.12. The van der Waals surface area contributed by atoms with Gasteiger partial charge in [-0.25, -0.2) is 9.78 Å². The highest BCUT2D eigenvalue weighted by atomic mass is 16.5. The van der Waals surface area contributed by atoms with E-state index in [-0.39, 0.29) is 0 Å². The van der Waals surface area contributed by atoms with Gasteiger partial charge >= 0.3 is 5.97 Å². The molecule has 35 heavy (non-hydrogen) atoms. The first-order chi connectivity index (χ1) is 17.1. The minimum absolute atomic E-state index is 0.401. The minimum Gasteiger partial charge on any atom is -0.490 e. The van der Waals surface area contributed by atoms with Crippen LogP contribution in [-0.2, 0) is 9.53 Å². The van der Waals surface area contributed by atoms with Gasteiger partial charge in [0.15, 0.2) is 18.1 Å². The van der Waals surface area contributed by atoms with E-state index in [4.69, 9.17) is 19.2 Å². The molecule has 1 N–H and O–H groups in total. The monoisotopic (exact) mass is 468 g/mol. The minimum atomic E-state index is -0.577. The Labute approximate surface area is 202 Å². The zero-order chi connectivity index (χ0) is 24.2. The predicted octanol–water partition coefficient (Wildman–Crippen LogP) is 5.17. The number of hydrogen-bond acceptors (Lipinski definition) is 6. The van der Waals surface area contributed by atoms with Crippen molar-refractivity contribution in [3.8, 4) is 22.8 Å². The van der Waals surface area contributed by atoms with E-state index in [1.165, 1.54) is 0 Å². The van der Waals surface area contributed by atoms with Crippen LogP contribution in [0, 0.1) is 6.92 Å². The summed E-state index contributed by atoms with van der Waals surface area (Å²) in [5, 5.41) is 3.42. The van der Waals surface area contributed by atoms with Gasteiger partial charge in [0, 0.05) is 29.1 Å². The fourth-order valence-electron chi connectivity index (χ4n) is 4.09. The lowest BCUT2D eigenvalue weighted by Crippen LogP contribution is -2.21. The number of pyridine rings is 1. The molecule has 1 aliphatic rings. The first-order valence-electron chi connectivity index (χ1n) is 11.4. The van der Waals surface area contributed by atoms with Crippen molar-refractivity contribution in [1.29, 1.82) is 0 Å². The number of rotatable bonds is 5. The van der Waals surface area contributed by atoms with Gasteiger partial charge in [0.05, 0.1) is 30.0 Å². The Balaban J connectivity index is 1.35. The van der Waals surface area contributed by atoms with E-state index < -0.39 is 18.5 Å². The number of nitrogens with one attached hydrogen (secondary N) is 1. The molecule has 0 atom stereocenters. The molecule has 1 aromatic heterocycles. The van der Waals surface area contributed by atoms with Crippen molar-refractivity contribution >= 4 is 28.5 Å². The molecule has 0 aliphatic carbocycles. The lowest BCUT2D eigenvalue weighted by molar-refractivity contribution is -0.119. The van der Waals surface area contributed by atoms with E-state index in [1.807, 2.05) is 61.5 Å². The van der Waals surface area contributed by atoms with Gasteiger partial charge < -0.3 is 19.5 Å². The standard InChI is InChI=1S/C28H24N2O5/c1-18-26(21-10-5-6-11-22(21)30-27(18)19-8-3-2-4-9-19)28(32)35-17-25(31)29-20-12-13-23-24(16-20)34-15-7-14-33-23/h2-6,8-13,16H,7,14-15,17H2,1H3,(H,29,31). The van der Waals surface area contributed by atoms with Crippen molar-refractivity contribution < 1.29 is 23.8 Å². The third kappa shape index (κ3) is 4.80. The Hall–Kier alpha value is -4.39. The fourth-order valence-corrected chi connectivity index (χ4v) is 4.09. The van der Waals surface area contributed by atoms with Gasteiger partial charge in [-0.15, -0.1) is 0 Å². The van der Waals surface area contributed by atoms with Gasteiger partial charge in [-0.2, -0.15) is 0 Å². The van der Waals surface area contributed by atoms with Gasteiger partial charge in [0.2, 0.25) is 0 Å². The van der Waals surface area contributed by atoms with Crippen LogP contribution in [0.5, 0.6) is 11.5 Å². The van der Waals surface area contributed by atoms with Crippen LogP contribution in [0.2, 0.25) is 0 Å². The molecule has 0 saturated carbocycles. The number of aromatic nitrogens is 1. The summed E-state index contributed by atoms with van der Waals surface area (Å²) in [5.41, 5.74) is 3.92. The van der Waals surface area contributed by atoms with Crippen molar-refractivity contribution in [2.75, 3.05) is 25.1 Å². The Kier molecular flexibility index (Phi) is 6.30. The topological polar surface area (TPSA) is 86.8 Å². The van der Waals surface area contributed by atoms with Crippen molar-refractivity contribution in [3.63, 3.8) is 0 Å². The quantitative estimate of drug-likeness (QED) is 0.407. The van der Waals surface area contributed by atoms with E-state index in [1.54, 1.807) is 18.2 Å². The molecule has 7 heteroatoms. The van der Waals surface area contributed by atoms with E-state index in [0.717, 1.165) is 12.0 Å². The number of para-hydroxylation sites is 1. The number of ether oxygens (including phenoxy) is 3. The predicted molar refractivity (Wildman–Crippen MR) is 133 cm³/mol. The van der Waals surface area contributed by atoms with Crippen LogP contribution in [0.1, 0.15) is 22.3 Å². The van der Waals surface area contributed by atoms with Crippen molar-refractivity contribution in [1.82, 2.24) is 4.98 Å². The second-order valence-corrected chi connectivity index (χ2v) is 8.18. The molecule has 0 saturated heterocycles. The van der Waals surface area contributed by atoms with E-state index >= 15 is 0 Å². The summed E-state index contributed by atoms with van der Waals surface area (Å²) in [7, 11) is 0. The summed E-state index contributed by atoms with van der Waals surface area (Å²) in [5.74, 6) is 0.185. The second-order valence-electron chi connectivity index (χ2n) is 8.18. The summed E-state index contributed by atoms with van der Waals surface area (Å²) in [4.78, 5) is 30.5. The van der Waals surface area contributed by atoms with E-state index in [9.17, 15) is 9.59 Å². The maximum Gasteiger partial charge on any atom is 0.339 e. The Morgan fingerprint density at radius 1 is 0.943 bits per heavy atom. The first-order valence-corrected chi connectivity index (χ1v) is 11.4.